The van der Waals surface area contributed by atoms with Crippen LogP contribution in [0.5, 0.6) is 0 Å². The Morgan fingerprint density at radius 1 is 1.18 bits per heavy atom. The van der Waals surface area contributed by atoms with Crippen molar-refractivity contribution in [2.24, 2.45) is 11.8 Å². The van der Waals surface area contributed by atoms with Gasteiger partial charge in [-0.15, -0.1) is 0 Å². The minimum Gasteiger partial charge on any atom is -0.375 e. The summed E-state index contributed by atoms with van der Waals surface area (Å²) in [5.41, 5.74) is 0.143. The minimum absolute atomic E-state index is 0.143. The molecule has 3 fully saturated rings. The van der Waals surface area contributed by atoms with Crippen molar-refractivity contribution in [3.05, 3.63) is 0 Å². The van der Waals surface area contributed by atoms with Crippen molar-refractivity contribution in [2.75, 3.05) is 13.2 Å². The fourth-order valence-electron chi connectivity index (χ4n) is 4.02. The molecule has 3 rings (SSSR count). The van der Waals surface area contributed by atoms with Gasteiger partial charge in [-0.2, -0.15) is 0 Å². The lowest BCUT2D eigenvalue weighted by Gasteiger charge is -2.44. The van der Waals surface area contributed by atoms with Crippen LogP contribution in [0.3, 0.4) is 0 Å². The van der Waals surface area contributed by atoms with Gasteiger partial charge in [0.25, 0.3) is 0 Å². The van der Waals surface area contributed by atoms with Crippen LogP contribution in [0.1, 0.15) is 51.4 Å². The summed E-state index contributed by atoms with van der Waals surface area (Å²) in [5.74, 6) is 1.14. The van der Waals surface area contributed by atoms with Gasteiger partial charge in [-0.3, -0.25) is 4.79 Å². The lowest BCUT2D eigenvalue weighted by atomic mass is 9.72. The Balaban J connectivity index is 1.68. The second-order valence-electron chi connectivity index (χ2n) is 6.03. The molecule has 17 heavy (non-hydrogen) atoms. The van der Waals surface area contributed by atoms with Gasteiger partial charge in [0.2, 0.25) is 5.91 Å². The van der Waals surface area contributed by atoms with E-state index in [1.807, 2.05) is 0 Å². The molecule has 1 aliphatic carbocycles. The third kappa shape index (κ3) is 2.22. The van der Waals surface area contributed by atoms with Crippen LogP contribution >= 0.6 is 0 Å². The SMILES string of the molecule is O=C1NCCC1C1CCOC2(CCCCC2)C1. The van der Waals surface area contributed by atoms with Crippen LogP contribution in [0, 0.1) is 11.8 Å². The fourth-order valence-corrected chi connectivity index (χ4v) is 4.02. The Hall–Kier alpha value is -0.570. The molecule has 2 atom stereocenters. The molecule has 0 aromatic carbocycles. The smallest absolute Gasteiger partial charge is 0.223 e. The van der Waals surface area contributed by atoms with Crippen LogP contribution in [0.15, 0.2) is 0 Å². The molecule has 3 aliphatic rings. The second-order valence-corrected chi connectivity index (χ2v) is 6.03. The maximum Gasteiger partial charge on any atom is 0.223 e. The van der Waals surface area contributed by atoms with Crippen molar-refractivity contribution in [3.63, 3.8) is 0 Å². The maximum atomic E-state index is 11.8. The predicted octanol–water partition coefficient (Wildman–Crippen LogP) is 2.25. The van der Waals surface area contributed by atoms with Crippen LogP contribution in [0.25, 0.3) is 0 Å². The maximum absolute atomic E-state index is 11.8. The van der Waals surface area contributed by atoms with Crippen molar-refractivity contribution in [1.29, 1.82) is 0 Å². The van der Waals surface area contributed by atoms with E-state index in [1.165, 1.54) is 32.1 Å². The number of amides is 1. The van der Waals surface area contributed by atoms with E-state index >= 15 is 0 Å². The number of nitrogens with one attached hydrogen (secondary N) is 1. The van der Waals surface area contributed by atoms with Crippen LogP contribution in [0.2, 0.25) is 0 Å². The van der Waals surface area contributed by atoms with E-state index in [0.717, 1.165) is 32.4 Å². The lowest BCUT2D eigenvalue weighted by Crippen LogP contribution is -2.44. The van der Waals surface area contributed by atoms with Crippen LogP contribution in [0.4, 0.5) is 0 Å². The Morgan fingerprint density at radius 3 is 2.71 bits per heavy atom. The van der Waals surface area contributed by atoms with Crippen LogP contribution in [-0.2, 0) is 9.53 Å². The van der Waals surface area contributed by atoms with Gasteiger partial charge < -0.3 is 10.1 Å². The van der Waals surface area contributed by atoms with E-state index < -0.39 is 0 Å². The van der Waals surface area contributed by atoms with Gasteiger partial charge >= 0.3 is 0 Å². The molecule has 0 radical (unpaired) electrons. The minimum atomic E-state index is 0.143. The first kappa shape index (κ1) is 11.5. The van der Waals surface area contributed by atoms with Crippen LogP contribution < -0.4 is 5.32 Å². The molecular weight excluding hydrogens is 214 g/mol. The van der Waals surface area contributed by atoms with E-state index in [-0.39, 0.29) is 11.5 Å². The highest BCUT2D eigenvalue weighted by Crippen LogP contribution is 2.43. The summed E-state index contributed by atoms with van der Waals surface area (Å²) in [6.45, 7) is 1.75. The quantitative estimate of drug-likeness (QED) is 0.759. The summed E-state index contributed by atoms with van der Waals surface area (Å²) in [7, 11) is 0. The Bertz CT molecular complexity index is 291. The monoisotopic (exact) mass is 237 g/mol. The highest BCUT2D eigenvalue weighted by Gasteiger charge is 2.43. The molecule has 0 aromatic rings. The average Bonchev–Trinajstić information content (AvgIpc) is 2.77. The molecule has 0 aromatic heterocycles. The lowest BCUT2D eigenvalue weighted by molar-refractivity contribution is -0.137. The zero-order chi connectivity index (χ0) is 11.7. The van der Waals surface area contributed by atoms with Crippen molar-refractivity contribution in [1.82, 2.24) is 5.32 Å². The normalized spacial score (nSPS) is 37.1. The molecule has 3 nitrogen and oxygen atoms in total. The zero-order valence-electron chi connectivity index (χ0n) is 10.5. The van der Waals surface area contributed by atoms with Crippen molar-refractivity contribution >= 4 is 5.91 Å². The number of carbonyl (C=O) groups is 1. The van der Waals surface area contributed by atoms with Crippen molar-refractivity contribution in [3.8, 4) is 0 Å². The van der Waals surface area contributed by atoms with E-state index in [2.05, 4.69) is 5.32 Å². The van der Waals surface area contributed by atoms with Crippen molar-refractivity contribution in [2.45, 2.75) is 57.0 Å². The standard InChI is InChI=1S/C14H23NO2/c16-13-12(4-8-15-13)11-5-9-17-14(10-11)6-2-1-3-7-14/h11-12H,1-10H2,(H,15,16). The Morgan fingerprint density at radius 2 is 2.00 bits per heavy atom. The molecule has 2 saturated heterocycles. The number of carbonyl (C=O) groups excluding carboxylic acids is 1. The summed E-state index contributed by atoms with van der Waals surface area (Å²) in [4.78, 5) is 11.8. The first-order valence-electron chi connectivity index (χ1n) is 7.21. The molecule has 1 N–H and O–H groups in total. The molecular formula is C14H23NO2. The van der Waals surface area contributed by atoms with Gasteiger partial charge in [0.15, 0.2) is 0 Å². The Kier molecular flexibility index (Phi) is 3.12. The average molecular weight is 237 g/mol. The first-order valence-corrected chi connectivity index (χ1v) is 7.21. The highest BCUT2D eigenvalue weighted by atomic mass is 16.5. The molecule has 2 aliphatic heterocycles. The van der Waals surface area contributed by atoms with Gasteiger partial charge in [-0.05, 0) is 38.0 Å². The molecule has 3 heteroatoms. The zero-order valence-corrected chi connectivity index (χ0v) is 10.5. The molecule has 1 saturated carbocycles. The van der Waals surface area contributed by atoms with E-state index in [9.17, 15) is 4.79 Å². The second kappa shape index (κ2) is 4.60. The molecule has 96 valence electrons. The van der Waals surface area contributed by atoms with E-state index in [0.29, 0.717) is 11.8 Å². The fraction of sp³-hybridized carbons (Fsp3) is 0.929. The number of hydrogen-bond acceptors (Lipinski definition) is 2. The summed E-state index contributed by atoms with van der Waals surface area (Å²) in [6.07, 6.45) is 9.67. The highest BCUT2D eigenvalue weighted by molar-refractivity contribution is 5.80. The predicted molar refractivity (Wildman–Crippen MR) is 65.6 cm³/mol. The van der Waals surface area contributed by atoms with Crippen LogP contribution in [-0.4, -0.2) is 24.7 Å². The molecule has 2 heterocycles. The van der Waals surface area contributed by atoms with E-state index in [1.54, 1.807) is 0 Å². The molecule has 1 spiro atoms. The largest absolute Gasteiger partial charge is 0.375 e. The van der Waals surface area contributed by atoms with Gasteiger partial charge in [0.1, 0.15) is 0 Å². The summed E-state index contributed by atoms with van der Waals surface area (Å²) in [6, 6.07) is 0. The van der Waals surface area contributed by atoms with Gasteiger partial charge in [-0.1, -0.05) is 19.3 Å². The Labute approximate surface area is 103 Å². The molecule has 1 amide bonds. The molecule has 2 unspecified atom stereocenters. The number of rotatable bonds is 1. The van der Waals surface area contributed by atoms with Gasteiger partial charge in [0, 0.05) is 19.1 Å². The first-order chi connectivity index (χ1) is 8.29. The molecule has 0 bridgehead atoms. The van der Waals surface area contributed by atoms with Crippen molar-refractivity contribution < 1.29 is 9.53 Å². The number of hydrogen-bond donors (Lipinski definition) is 1. The summed E-state index contributed by atoms with van der Waals surface area (Å²) >= 11 is 0. The number of ether oxygens (including phenoxy) is 1. The third-order valence-electron chi connectivity index (χ3n) is 4.96. The third-order valence-corrected chi connectivity index (χ3v) is 4.96. The van der Waals surface area contributed by atoms with E-state index in [4.69, 9.17) is 4.74 Å². The van der Waals surface area contributed by atoms with Gasteiger partial charge in [0.05, 0.1) is 5.60 Å². The van der Waals surface area contributed by atoms with Gasteiger partial charge in [-0.25, -0.2) is 0 Å². The topological polar surface area (TPSA) is 38.3 Å². The summed E-state index contributed by atoms with van der Waals surface area (Å²) < 4.78 is 6.10. The summed E-state index contributed by atoms with van der Waals surface area (Å²) in [5, 5.41) is 2.98.